The van der Waals surface area contributed by atoms with E-state index in [-0.39, 0.29) is 23.4 Å². The number of nitrogens with one attached hydrogen (secondary N) is 1. The molecule has 1 saturated heterocycles. The number of barbiturate groups is 1. The molecule has 3 rings (SSSR count). The first kappa shape index (κ1) is 21.3. The number of halogens is 1. The van der Waals surface area contributed by atoms with Crippen molar-refractivity contribution in [1.29, 1.82) is 0 Å². The second kappa shape index (κ2) is 8.91. The molecule has 0 unspecified atom stereocenters. The number of hydrogen-bond acceptors (Lipinski definition) is 6. The van der Waals surface area contributed by atoms with Crippen LogP contribution in [0.2, 0.25) is 0 Å². The van der Waals surface area contributed by atoms with Crippen molar-refractivity contribution in [2.45, 2.75) is 13.3 Å². The Labute approximate surface area is 180 Å². The molecule has 1 aliphatic heterocycles. The maximum absolute atomic E-state index is 13.0. The van der Waals surface area contributed by atoms with Crippen LogP contribution in [0.5, 0.6) is 11.5 Å². The van der Waals surface area contributed by atoms with Crippen molar-refractivity contribution < 1.29 is 28.7 Å². The third-order valence-corrected chi connectivity index (χ3v) is 4.71. The maximum atomic E-state index is 13.0. The van der Waals surface area contributed by atoms with Crippen molar-refractivity contribution in [3.8, 4) is 11.5 Å². The highest BCUT2D eigenvalue weighted by molar-refractivity contribution is 9.10. The minimum absolute atomic E-state index is 0.158. The summed E-state index contributed by atoms with van der Waals surface area (Å²) < 4.78 is 11.0. The molecule has 2 aromatic carbocycles. The lowest BCUT2D eigenvalue weighted by Gasteiger charge is -2.26. The summed E-state index contributed by atoms with van der Waals surface area (Å²) in [5, 5.41) is 2.15. The number of esters is 1. The Morgan fingerprint density at radius 3 is 2.47 bits per heavy atom. The number of imide groups is 2. The van der Waals surface area contributed by atoms with Gasteiger partial charge in [-0.15, -0.1) is 0 Å². The van der Waals surface area contributed by atoms with Gasteiger partial charge >= 0.3 is 12.0 Å². The number of carbonyl (C=O) groups excluding carboxylic acids is 4. The topological polar surface area (TPSA) is 102 Å². The van der Waals surface area contributed by atoms with Crippen LogP contribution in [0.4, 0.5) is 10.5 Å². The molecule has 0 bridgehead atoms. The molecule has 2 aromatic rings. The van der Waals surface area contributed by atoms with Gasteiger partial charge < -0.3 is 9.47 Å². The zero-order valence-corrected chi connectivity index (χ0v) is 17.7. The first-order chi connectivity index (χ1) is 14.3. The van der Waals surface area contributed by atoms with Crippen LogP contribution in [-0.2, 0) is 14.4 Å². The van der Waals surface area contributed by atoms with Gasteiger partial charge in [0.2, 0.25) is 0 Å². The minimum Gasteiger partial charge on any atom is -0.497 e. The highest BCUT2D eigenvalue weighted by Crippen LogP contribution is 2.29. The van der Waals surface area contributed by atoms with E-state index in [0.29, 0.717) is 15.8 Å². The number of ether oxygens (including phenoxy) is 2. The van der Waals surface area contributed by atoms with Gasteiger partial charge in [-0.05, 0) is 48.5 Å². The molecule has 1 N–H and O–H groups in total. The number of urea groups is 1. The molecule has 1 aliphatic rings. The van der Waals surface area contributed by atoms with Gasteiger partial charge in [0.25, 0.3) is 11.8 Å². The van der Waals surface area contributed by atoms with Crippen LogP contribution < -0.4 is 19.7 Å². The summed E-state index contributed by atoms with van der Waals surface area (Å²) in [5.74, 6) is -1.38. The predicted molar refractivity (Wildman–Crippen MR) is 112 cm³/mol. The highest BCUT2D eigenvalue weighted by Gasteiger charge is 2.37. The van der Waals surface area contributed by atoms with Crippen molar-refractivity contribution in [2.24, 2.45) is 0 Å². The fourth-order valence-corrected chi connectivity index (χ4v) is 3.08. The molecule has 0 saturated carbocycles. The molecule has 0 aromatic heterocycles. The van der Waals surface area contributed by atoms with Gasteiger partial charge in [0, 0.05) is 16.5 Å². The standard InChI is InChI=1S/C21H17BrN2O6/c1-3-18(25)30-17-9-4-13(22)10-12(17)11-16-19(26)23-21(28)24(20(16)27)14-5-7-15(29-2)8-6-14/h4-11H,3H2,1-2H3,(H,23,26,28). The lowest BCUT2D eigenvalue weighted by Crippen LogP contribution is -2.54. The van der Waals surface area contributed by atoms with Crippen LogP contribution in [0.3, 0.4) is 0 Å². The number of anilines is 1. The molecular weight excluding hydrogens is 456 g/mol. The first-order valence-electron chi connectivity index (χ1n) is 8.89. The van der Waals surface area contributed by atoms with Crippen LogP contribution in [0.1, 0.15) is 18.9 Å². The number of rotatable bonds is 5. The van der Waals surface area contributed by atoms with Gasteiger partial charge in [-0.2, -0.15) is 0 Å². The smallest absolute Gasteiger partial charge is 0.335 e. The average Bonchev–Trinajstić information content (AvgIpc) is 2.73. The summed E-state index contributed by atoms with van der Waals surface area (Å²) in [7, 11) is 1.49. The lowest BCUT2D eigenvalue weighted by molar-refractivity contribution is -0.134. The Hall–Kier alpha value is -3.46. The SMILES string of the molecule is CCC(=O)Oc1ccc(Br)cc1C=C1C(=O)NC(=O)N(c2ccc(OC)cc2)C1=O. The Morgan fingerprint density at radius 2 is 1.83 bits per heavy atom. The van der Waals surface area contributed by atoms with Crippen LogP contribution >= 0.6 is 15.9 Å². The predicted octanol–water partition coefficient (Wildman–Crippen LogP) is 3.44. The van der Waals surface area contributed by atoms with E-state index in [4.69, 9.17) is 9.47 Å². The van der Waals surface area contributed by atoms with E-state index in [0.717, 1.165) is 4.90 Å². The number of methoxy groups -OCH3 is 1. The molecule has 0 atom stereocenters. The molecule has 4 amide bonds. The largest absolute Gasteiger partial charge is 0.497 e. The van der Waals surface area contributed by atoms with Crippen molar-refractivity contribution in [3.63, 3.8) is 0 Å². The Balaban J connectivity index is 2.02. The number of nitrogens with zero attached hydrogens (tertiary/aromatic N) is 1. The Morgan fingerprint density at radius 1 is 1.13 bits per heavy atom. The fourth-order valence-electron chi connectivity index (χ4n) is 2.70. The minimum atomic E-state index is -0.862. The molecule has 8 nitrogen and oxygen atoms in total. The molecule has 0 spiro atoms. The zero-order chi connectivity index (χ0) is 21.8. The molecule has 1 fully saturated rings. The van der Waals surface area contributed by atoms with Crippen molar-refractivity contribution in [3.05, 3.63) is 58.1 Å². The van der Waals surface area contributed by atoms with Crippen LogP contribution in [-0.4, -0.2) is 30.9 Å². The van der Waals surface area contributed by atoms with Crippen LogP contribution in [0.25, 0.3) is 6.08 Å². The van der Waals surface area contributed by atoms with E-state index in [1.165, 1.54) is 25.3 Å². The normalized spacial score (nSPS) is 15.2. The van der Waals surface area contributed by atoms with E-state index >= 15 is 0 Å². The third kappa shape index (κ3) is 4.41. The van der Waals surface area contributed by atoms with Crippen molar-refractivity contribution in [2.75, 3.05) is 12.0 Å². The molecule has 9 heteroatoms. The summed E-state index contributed by atoms with van der Waals surface area (Å²) in [6.07, 6.45) is 1.44. The Bertz CT molecular complexity index is 1060. The number of hydrogen-bond donors (Lipinski definition) is 1. The van der Waals surface area contributed by atoms with Gasteiger partial charge in [-0.25, -0.2) is 9.69 Å². The van der Waals surface area contributed by atoms with Gasteiger partial charge in [-0.3, -0.25) is 19.7 Å². The summed E-state index contributed by atoms with van der Waals surface area (Å²) in [6.45, 7) is 1.65. The summed E-state index contributed by atoms with van der Waals surface area (Å²) in [6, 6.07) is 10.2. The fraction of sp³-hybridized carbons (Fsp3) is 0.143. The quantitative estimate of drug-likeness (QED) is 0.309. The molecule has 154 valence electrons. The number of carbonyl (C=O) groups is 4. The first-order valence-corrected chi connectivity index (χ1v) is 9.69. The summed E-state index contributed by atoms with van der Waals surface area (Å²) in [4.78, 5) is 50.3. The summed E-state index contributed by atoms with van der Waals surface area (Å²) >= 11 is 3.31. The van der Waals surface area contributed by atoms with Gasteiger partial charge in [0.05, 0.1) is 12.8 Å². The summed E-state index contributed by atoms with van der Waals surface area (Å²) in [5.41, 5.74) is 0.314. The Kier molecular flexibility index (Phi) is 6.31. The number of amides is 4. The third-order valence-electron chi connectivity index (χ3n) is 4.22. The lowest BCUT2D eigenvalue weighted by atomic mass is 10.1. The van der Waals surface area contributed by atoms with Gasteiger partial charge in [-0.1, -0.05) is 22.9 Å². The zero-order valence-electron chi connectivity index (χ0n) is 16.1. The van der Waals surface area contributed by atoms with Crippen molar-refractivity contribution >= 4 is 51.5 Å². The maximum Gasteiger partial charge on any atom is 0.335 e. The van der Waals surface area contributed by atoms with E-state index in [9.17, 15) is 19.2 Å². The van der Waals surface area contributed by atoms with E-state index in [1.807, 2.05) is 0 Å². The highest BCUT2D eigenvalue weighted by atomic mass is 79.9. The second-order valence-electron chi connectivity index (χ2n) is 6.17. The van der Waals surface area contributed by atoms with Crippen LogP contribution in [0, 0.1) is 0 Å². The molecular formula is C21H17BrN2O6. The molecule has 0 aliphatic carbocycles. The molecule has 30 heavy (non-hydrogen) atoms. The van der Waals surface area contributed by atoms with Crippen molar-refractivity contribution in [1.82, 2.24) is 5.32 Å². The molecule has 1 heterocycles. The second-order valence-corrected chi connectivity index (χ2v) is 7.08. The van der Waals surface area contributed by atoms with E-state index in [2.05, 4.69) is 21.2 Å². The monoisotopic (exact) mass is 472 g/mol. The van der Waals surface area contributed by atoms with E-state index < -0.39 is 23.8 Å². The van der Waals surface area contributed by atoms with Gasteiger partial charge in [0.1, 0.15) is 17.1 Å². The average molecular weight is 473 g/mol. The van der Waals surface area contributed by atoms with Crippen LogP contribution in [0.15, 0.2) is 52.5 Å². The van der Waals surface area contributed by atoms with E-state index in [1.54, 1.807) is 37.3 Å². The van der Waals surface area contributed by atoms with Gasteiger partial charge in [0.15, 0.2) is 0 Å². The number of benzene rings is 2. The molecule has 0 radical (unpaired) electrons.